The van der Waals surface area contributed by atoms with Crippen LogP contribution in [0.25, 0.3) is 5.65 Å². The largest absolute Gasteiger partial charge is 0.378 e. The molecule has 20 heavy (non-hydrogen) atoms. The standard InChI is InChI=1S/C13H17N5O2/c19-12(17-7-9-20-10-8-17)4-5-14-13-15-11-3-1-2-6-18(11)16-13/h1-3,6H,4-5,7-10H2,(H,14,16). The Balaban J connectivity index is 1.50. The van der Waals surface area contributed by atoms with E-state index in [1.807, 2.05) is 29.3 Å². The summed E-state index contributed by atoms with van der Waals surface area (Å²) in [5, 5.41) is 7.35. The summed E-state index contributed by atoms with van der Waals surface area (Å²) in [6, 6.07) is 5.69. The Hall–Kier alpha value is -2.15. The summed E-state index contributed by atoms with van der Waals surface area (Å²) in [7, 11) is 0. The lowest BCUT2D eigenvalue weighted by atomic mass is 10.3. The van der Waals surface area contributed by atoms with Crippen molar-refractivity contribution in [1.29, 1.82) is 0 Å². The van der Waals surface area contributed by atoms with E-state index in [2.05, 4.69) is 15.4 Å². The maximum absolute atomic E-state index is 11.9. The van der Waals surface area contributed by atoms with Crippen LogP contribution < -0.4 is 5.32 Å². The Morgan fingerprint density at radius 1 is 1.35 bits per heavy atom. The molecule has 0 atom stereocenters. The van der Waals surface area contributed by atoms with Crippen molar-refractivity contribution in [3.63, 3.8) is 0 Å². The highest BCUT2D eigenvalue weighted by molar-refractivity contribution is 5.76. The number of morpholine rings is 1. The fraction of sp³-hybridized carbons (Fsp3) is 0.462. The summed E-state index contributed by atoms with van der Waals surface area (Å²) in [5.41, 5.74) is 0.787. The number of nitrogens with one attached hydrogen (secondary N) is 1. The molecular weight excluding hydrogens is 258 g/mol. The van der Waals surface area contributed by atoms with Gasteiger partial charge in [-0.25, -0.2) is 4.52 Å². The number of hydrogen-bond acceptors (Lipinski definition) is 5. The van der Waals surface area contributed by atoms with Gasteiger partial charge in [0.05, 0.1) is 13.2 Å². The normalized spacial score (nSPS) is 15.5. The van der Waals surface area contributed by atoms with Gasteiger partial charge in [0.1, 0.15) is 0 Å². The quantitative estimate of drug-likeness (QED) is 0.874. The van der Waals surface area contributed by atoms with Crippen molar-refractivity contribution in [2.75, 3.05) is 38.2 Å². The molecule has 1 fully saturated rings. The number of carbonyl (C=O) groups is 1. The fourth-order valence-corrected chi connectivity index (χ4v) is 2.16. The minimum absolute atomic E-state index is 0.143. The molecule has 1 N–H and O–H groups in total. The molecule has 106 valence electrons. The van der Waals surface area contributed by atoms with E-state index in [-0.39, 0.29) is 5.91 Å². The average molecular weight is 275 g/mol. The van der Waals surface area contributed by atoms with Gasteiger partial charge < -0.3 is 15.0 Å². The average Bonchev–Trinajstić information content (AvgIpc) is 2.90. The molecule has 0 bridgehead atoms. The van der Waals surface area contributed by atoms with Crippen molar-refractivity contribution in [1.82, 2.24) is 19.5 Å². The van der Waals surface area contributed by atoms with Crippen molar-refractivity contribution < 1.29 is 9.53 Å². The lowest BCUT2D eigenvalue weighted by molar-refractivity contribution is -0.134. The van der Waals surface area contributed by atoms with Gasteiger partial charge in [0.25, 0.3) is 0 Å². The van der Waals surface area contributed by atoms with Crippen LogP contribution in [-0.2, 0) is 9.53 Å². The van der Waals surface area contributed by atoms with Gasteiger partial charge >= 0.3 is 0 Å². The number of aromatic nitrogens is 3. The third kappa shape index (κ3) is 2.88. The molecule has 0 aromatic carbocycles. The third-order valence-electron chi connectivity index (χ3n) is 3.23. The van der Waals surface area contributed by atoms with Crippen LogP contribution in [-0.4, -0.2) is 58.3 Å². The number of fused-ring (bicyclic) bond motifs is 1. The van der Waals surface area contributed by atoms with Gasteiger partial charge in [-0.2, -0.15) is 4.98 Å². The van der Waals surface area contributed by atoms with Crippen molar-refractivity contribution in [2.24, 2.45) is 0 Å². The van der Waals surface area contributed by atoms with Gasteiger partial charge in [-0.15, -0.1) is 5.10 Å². The zero-order valence-electron chi connectivity index (χ0n) is 11.2. The predicted molar refractivity (Wildman–Crippen MR) is 73.5 cm³/mol. The molecule has 0 radical (unpaired) electrons. The highest BCUT2D eigenvalue weighted by atomic mass is 16.5. The van der Waals surface area contributed by atoms with E-state index in [0.29, 0.717) is 45.2 Å². The number of amides is 1. The Morgan fingerprint density at radius 3 is 3.00 bits per heavy atom. The van der Waals surface area contributed by atoms with Crippen LogP contribution in [0.1, 0.15) is 6.42 Å². The van der Waals surface area contributed by atoms with Crippen LogP contribution in [0.2, 0.25) is 0 Å². The SMILES string of the molecule is O=C(CCNc1nc2ccccn2n1)N1CCOCC1. The Kier molecular flexibility index (Phi) is 3.78. The first-order valence-electron chi connectivity index (χ1n) is 6.74. The number of pyridine rings is 1. The third-order valence-corrected chi connectivity index (χ3v) is 3.23. The Morgan fingerprint density at radius 2 is 2.20 bits per heavy atom. The van der Waals surface area contributed by atoms with Gasteiger partial charge in [-0.05, 0) is 12.1 Å². The van der Waals surface area contributed by atoms with Gasteiger partial charge in [-0.1, -0.05) is 6.07 Å². The maximum Gasteiger partial charge on any atom is 0.243 e. The number of anilines is 1. The van der Waals surface area contributed by atoms with E-state index < -0.39 is 0 Å². The lowest BCUT2D eigenvalue weighted by Crippen LogP contribution is -2.41. The molecule has 7 nitrogen and oxygen atoms in total. The number of nitrogens with zero attached hydrogens (tertiary/aromatic N) is 4. The molecule has 3 rings (SSSR count). The van der Waals surface area contributed by atoms with Crippen LogP contribution in [0.3, 0.4) is 0 Å². The molecule has 1 amide bonds. The summed E-state index contributed by atoms with van der Waals surface area (Å²) < 4.78 is 6.93. The summed E-state index contributed by atoms with van der Waals surface area (Å²) in [6.07, 6.45) is 2.28. The molecule has 1 aliphatic heterocycles. The number of carbonyl (C=O) groups excluding carboxylic acids is 1. The van der Waals surface area contributed by atoms with Crippen molar-refractivity contribution >= 4 is 17.5 Å². The second-order valence-corrected chi connectivity index (χ2v) is 4.61. The van der Waals surface area contributed by atoms with E-state index in [4.69, 9.17) is 4.74 Å². The summed E-state index contributed by atoms with van der Waals surface area (Å²) >= 11 is 0. The Labute approximate surface area is 116 Å². The molecule has 0 aliphatic carbocycles. The molecule has 0 unspecified atom stereocenters. The zero-order valence-corrected chi connectivity index (χ0v) is 11.2. The molecule has 2 aromatic heterocycles. The first kappa shape index (κ1) is 12.9. The molecule has 0 spiro atoms. The van der Waals surface area contributed by atoms with Gasteiger partial charge in [0.15, 0.2) is 5.65 Å². The monoisotopic (exact) mass is 275 g/mol. The highest BCUT2D eigenvalue weighted by Gasteiger charge is 2.16. The molecule has 1 aliphatic rings. The molecular formula is C13H17N5O2. The van der Waals surface area contributed by atoms with E-state index in [0.717, 1.165) is 5.65 Å². The smallest absolute Gasteiger partial charge is 0.243 e. The molecule has 3 heterocycles. The van der Waals surface area contributed by atoms with Gasteiger partial charge in [0, 0.05) is 32.3 Å². The van der Waals surface area contributed by atoms with Crippen molar-refractivity contribution in [3.8, 4) is 0 Å². The van der Waals surface area contributed by atoms with Gasteiger partial charge in [0.2, 0.25) is 11.9 Å². The molecule has 2 aromatic rings. The summed E-state index contributed by atoms with van der Waals surface area (Å²) in [5.74, 6) is 0.690. The van der Waals surface area contributed by atoms with Crippen LogP contribution in [0.4, 0.5) is 5.95 Å². The van der Waals surface area contributed by atoms with E-state index in [9.17, 15) is 4.79 Å². The molecule has 1 saturated heterocycles. The van der Waals surface area contributed by atoms with Crippen molar-refractivity contribution in [2.45, 2.75) is 6.42 Å². The second kappa shape index (κ2) is 5.87. The van der Waals surface area contributed by atoms with E-state index >= 15 is 0 Å². The molecule has 7 heteroatoms. The number of ether oxygens (including phenoxy) is 1. The second-order valence-electron chi connectivity index (χ2n) is 4.61. The van der Waals surface area contributed by atoms with E-state index in [1.165, 1.54) is 0 Å². The van der Waals surface area contributed by atoms with Crippen LogP contribution >= 0.6 is 0 Å². The van der Waals surface area contributed by atoms with Gasteiger partial charge in [-0.3, -0.25) is 4.79 Å². The highest BCUT2D eigenvalue weighted by Crippen LogP contribution is 2.05. The number of rotatable bonds is 4. The van der Waals surface area contributed by atoms with E-state index in [1.54, 1.807) is 4.52 Å². The summed E-state index contributed by atoms with van der Waals surface area (Å²) in [6.45, 7) is 3.17. The zero-order chi connectivity index (χ0) is 13.8. The first-order chi connectivity index (χ1) is 9.83. The minimum atomic E-state index is 0.143. The van der Waals surface area contributed by atoms with Crippen LogP contribution in [0, 0.1) is 0 Å². The van der Waals surface area contributed by atoms with Crippen molar-refractivity contribution in [3.05, 3.63) is 24.4 Å². The minimum Gasteiger partial charge on any atom is -0.378 e. The lowest BCUT2D eigenvalue weighted by Gasteiger charge is -2.26. The predicted octanol–water partition coefficient (Wildman–Crippen LogP) is 0.390. The first-order valence-corrected chi connectivity index (χ1v) is 6.74. The number of hydrogen-bond donors (Lipinski definition) is 1. The summed E-state index contributed by atoms with van der Waals surface area (Å²) in [4.78, 5) is 18.1. The topological polar surface area (TPSA) is 71.8 Å². The Bertz CT molecular complexity index is 558. The fourth-order valence-electron chi connectivity index (χ4n) is 2.16. The maximum atomic E-state index is 11.9. The van der Waals surface area contributed by atoms with Crippen LogP contribution in [0.5, 0.6) is 0 Å². The molecule has 0 saturated carbocycles. The van der Waals surface area contributed by atoms with Crippen LogP contribution in [0.15, 0.2) is 24.4 Å².